The van der Waals surface area contributed by atoms with Gasteiger partial charge in [0.2, 0.25) is 0 Å². The average Bonchev–Trinajstić information content (AvgIpc) is 2.42. The van der Waals surface area contributed by atoms with Gasteiger partial charge in [-0.1, -0.05) is 0 Å². The van der Waals surface area contributed by atoms with Crippen LogP contribution in [0.15, 0.2) is 9.66 Å². The second-order valence-electron chi connectivity index (χ2n) is 5.03. The molecule has 1 N–H and O–H groups in total. The van der Waals surface area contributed by atoms with Gasteiger partial charge in [0.1, 0.15) is 0 Å². The van der Waals surface area contributed by atoms with Crippen LogP contribution in [0.5, 0.6) is 0 Å². The molecule has 1 saturated heterocycles. The molecule has 0 bridgehead atoms. The molecule has 0 aromatic carbocycles. The zero-order chi connectivity index (χ0) is 14.4. The molecule has 1 heterocycles. The summed E-state index contributed by atoms with van der Waals surface area (Å²) in [4.78, 5) is 0. The van der Waals surface area contributed by atoms with Gasteiger partial charge in [-0.05, 0) is 0 Å². The Bertz CT molecular complexity index is 376. The van der Waals surface area contributed by atoms with Gasteiger partial charge in [0.05, 0.1) is 0 Å². The van der Waals surface area contributed by atoms with E-state index in [4.69, 9.17) is 21.2 Å². The summed E-state index contributed by atoms with van der Waals surface area (Å²) in [5.74, 6) is 0.244. The van der Waals surface area contributed by atoms with Crippen molar-refractivity contribution in [3.8, 4) is 0 Å². The summed E-state index contributed by atoms with van der Waals surface area (Å²) in [6.07, 6.45) is 0.458. The van der Waals surface area contributed by atoms with E-state index in [0.717, 1.165) is 6.42 Å². The van der Waals surface area contributed by atoms with E-state index in [1.54, 1.807) is 6.82 Å². The van der Waals surface area contributed by atoms with Crippen molar-refractivity contribution in [2.75, 3.05) is 6.61 Å². The first-order chi connectivity index (χ1) is 9.02. The first-order valence-electron chi connectivity index (χ1n) is 6.39. The molecule has 3 nitrogen and oxygen atoms in total. The van der Waals surface area contributed by atoms with Crippen LogP contribution in [0.4, 0.5) is 0 Å². The Morgan fingerprint density at radius 2 is 2.21 bits per heavy atom. The Morgan fingerprint density at radius 3 is 2.79 bits per heavy atom. The normalized spacial score (nSPS) is 35.8. The van der Waals surface area contributed by atoms with Gasteiger partial charge >= 0.3 is 136 Å². The van der Waals surface area contributed by atoms with Crippen molar-refractivity contribution in [2.45, 2.75) is 45.5 Å². The Kier molecular flexibility index (Phi) is 8.73. The van der Waals surface area contributed by atoms with Crippen LogP contribution in [0.1, 0.15) is 27.2 Å². The van der Waals surface area contributed by atoms with Gasteiger partial charge in [0.25, 0.3) is 0 Å². The number of aliphatic hydroxyl groups excluding tert-OH is 1. The molecular formula is C12H20BIO3PS+. The van der Waals surface area contributed by atoms with E-state index in [1.165, 1.54) is 5.57 Å². The summed E-state index contributed by atoms with van der Waals surface area (Å²) in [5.41, 5.74) is 1.17. The molecule has 7 heteroatoms. The fraction of sp³-hybridized carbons (Fsp3) is 0.833. The predicted octanol–water partition coefficient (Wildman–Crippen LogP) is 3.07. The van der Waals surface area contributed by atoms with Gasteiger partial charge in [0.15, 0.2) is 0 Å². The summed E-state index contributed by atoms with van der Waals surface area (Å²) in [7, 11) is 0. The van der Waals surface area contributed by atoms with Gasteiger partial charge in [-0.2, -0.15) is 0 Å². The predicted molar refractivity (Wildman–Crippen MR) is 91.4 cm³/mol. The fourth-order valence-electron chi connectivity index (χ4n) is 2.50. The van der Waals surface area contributed by atoms with Crippen LogP contribution in [0, 0.1) is 11.8 Å². The van der Waals surface area contributed by atoms with Gasteiger partial charge in [-0.15, -0.1) is 0 Å². The molecule has 0 saturated carbocycles. The standard InChI is InChI=1S/C12H20BIO3PS/c1-7(6-14)12-9(3)11(15)8(2)10(17-12)4-5-16-13-18-19/h6,8-12,15H,4-5H2,1-3H3/q+1/b7-6+/t8-,9+,10+,11+,12-/m0/s1. The molecule has 1 aliphatic heterocycles. The maximum atomic E-state index is 10.4. The molecule has 5 atom stereocenters. The van der Waals surface area contributed by atoms with E-state index >= 15 is 0 Å². The van der Waals surface area contributed by atoms with E-state index in [-0.39, 0.29) is 30.1 Å². The van der Waals surface area contributed by atoms with Crippen LogP contribution in [-0.2, 0) is 21.2 Å². The summed E-state index contributed by atoms with van der Waals surface area (Å²) in [6.45, 7) is 9.04. The molecule has 0 aliphatic carbocycles. The van der Waals surface area contributed by atoms with Crippen molar-refractivity contribution >= 4 is 48.1 Å². The van der Waals surface area contributed by atoms with Crippen molar-refractivity contribution in [1.29, 1.82) is 0 Å². The SMILES string of the molecule is C/C(=C\I)[C@@H]1O[C@H](CCOB=[P+]=S)[C@H](C)[C@@H](O)[C@H]1C. The Labute approximate surface area is 136 Å². The van der Waals surface area contributed by atoms with E-state index in [1.807, 2.05) is 24.9 Å². The van der Waals surface area contributed by atoms with Crippen molar-refractivity contribution < 1.29 is 14.5 Å². The average molecular weight is 413 g/mol. The van der Waals surface area contributed by atoms with E-state index in [2.05, 4.69) is 22.6 Å². The van der Waals surface area contributed by atoms with Gasteiger partial charge in [0, 0.05) is 0 Å². The quantitative estimate of drug-likeness (QED) is 0.326. The van der Waals surface area contributed by atoms with Gasteiger partial charge in [-0.3, -0.25) is 0 Å². The molecule has 0 aromatic rings. The molecule has 1 aliphatic rings. The molecule has 19 heavy (non-hydrogen) atoms. The van der Waals surface area contributed by atoms with E-state index in [0.29, 0.717) is 13.5 Å². The minimum atomic E-state index is -0.337. The van der Waals surface area contributed by atoms with Crippen molar-refractivity contribution in [1.82, 2.24) is 0 Å². The van der Waals surface area contributed by atoms with Crippen LogP contribution in [0.2, 0.25) is 0 Å². The Balaban J connectivity index is 2.67. The number of rotatable bonds is 5. The molecule has 1 fully saturated rings. The Morgan fingerprint density at radius 1 is 1.53 bits per heavy atom. The summed E-state index contributed by atoms with van der Waals surface area (Å²) >= 11 is 6.98. The third kappa shape index (κ3) is 5.08. The van der Waals surface area contributed by atoms with Crippen molar-refractivity contribution in [3.63, 3.8) is 0 Å². The number of halogens is 1. The summed E-state index contributed by atoms with van der Waals surface area (Å²) in [6, 6.07) is 0. The van der Waals surface area contributed by atoms with Crippen LogP contribution < -0.4 is 0 Å². The van der Waals surface area contributed by atoms with Crippen LogP contribution >= 0.6 is 29.4 Å². The first-order valence-corrected chi connectivity index (χ1v) is 9.61. The van der Waals surface area contributed by atoms with Crippen LogP contribution in [0.25, 0.3) is 0 Å². The zero-order valence-electron chi connectivity index (χ0n) is 11.5. The molecule has 1 rings (SSSR count). The van der Waals surface area contributed by atoms with E-state index < -0.39 is 0 Å². The second-order valence-corrected chi connectivity index (χ2v) is 6.70. The minimum absolute atomic E-state index is 0.00541. The molecule has 0 amide bonds. The Hall–Kier alpha value is 1.06. The number of hydrogen-bond donors (Lipinski definition) is 1. The number of hydrogen-bond acceptors (Lipinski definition) is 4. The van der Waals surface area contributed by atoms with Gasteiger partial charge < -0.3 is 0 Å². The van der Waals surface area contributed by atoms with Crippen LogP contribution in [-0.4, -0.2) is 36.8 Å². The molecule has 0 spiro atoms. The fourth-order valence-corrected chi connectivity index (χ4v) is 3.20. The van der Waals surface area contributed by atoms with Gasteiger partial charge in [-0.25, -0.2) is 0 Å². The summed E-state index contributed by atoms with van der Waals surface area (Å²) in [5, 5.41) is 10.4. The first kappa shape index (κ1) is 18.1. The third-order valence-electron chi connectivity index (χ3n) is 3.72. The maximum absolute atomic E-state index is 10.4. The van der Waals surface area contributed by atoms with Crippen molar-refractivity contribution in [3.05, 3.63) is 9.66 Å². The molecular weight excluding hydrogens is 393 g/mol. The number of ether oxygens (including phenoxy) is 1. The second kappa shape index (κ2) is 9.16. The topological polar surface area (TPSA) is 38.7 Å². The molecule has 0 aromatic heterocycles. The zero-order valence-corrected chi connectivity index (χ0v) is 15.3. The monoisotopic (exact) mass is 413 g/mol. The molecule has 0 radical (unpaired) electrons. The summed E-state index contributed by atoms with van der Waals surface area (Å²) < 4.78 is 13.5. The number of aliphatic hydroxyl groups is 1. The third-order valence-corrected chi connectivity index (χ3v) is 5.20. The van der Waals surface area contributed by atoms with E-state index in [9.17, 15) is 5.11 Å². The van der Waals surface area contributed by atoms with Crippen molar-refractivity contribution in [2.24, 2.45) is 11.8 Å². The molecule has 0 unspecified atom stereocenters. The molecule has 106 valence electrons. The van der Waals surface area contributed by atoms with Crippen LogP contribution in [0.3, 0.4) is 0 Å².